The molecular formula is C14H21N3O3. The molecule has 1 aromatic heterocycles. The highest BCUT2D eigenvalue weighted by Crippen LogP contribution is 2.19. The average molecular weight is 279 g/mol. The molecule has 0 bridgehead atoms. The Morgan fingerprint density at radius 2 is 2.10 bits per heavy atom. The van der Waals surface area contributed by atoms with E-state index in [1.807, 2.05) is 12.1 Å². The molecule has 20 heavy (non-hydrogen) atoms. The minimum atomic E-state index is -1.04. The lowest BCUT2D eigenvalue weighted by Gasteiger charge is -2.27. The highest BCUT2D eigenvalue weighted by atomic mass is 16.4. The average Bonchev–Trinajstić information content (AvgIpc) is 2.35. The van der Waals surface area contributed by atoms with Crippen LogP contribution in [0.4, 0.5) is 4.79 Å². The number of nitrogens with one attached hydrogen (secondary N) is 2. The number of aliphatic carboxylic acids is 1. The van der Waals surface area contributed by atoms with Gasteiger partial charge in [0.1, 0.15) is 6.04 Å². The summed E-state index contributed by atoms with van der Waals surface area (Å²) >= 11 is 0. The fourth-order valence-corrected chi connectivity index (χ4v) is 1.70. The van der Waals surface area contributed by atoms with Crippen molar-refractivity contribution in [1.82, 2.24) is 15.6 Å². The van der Waals surface area contributed by atoms with Gasteiger partial charge in [0.05, 0.1) is 0 Å². The van der Waals surface area contributed by atoms with Gasteiger partial charge in [-0.25, -0.2) is 9.59 Å². The summed E-state index contributed by atoms with van der Waals surface area (Å²) in [5.74, 6) is -1.04. The molecule has 0 radical (unpaired) electrons. The number of hydrogen-bond donors (Lipinski definition) is 3. The predicted molar refractivity (Wildman–Crippen MR) is 75.4 cm³/mol. The van der Waals surface area contributed by atoms with Crippen molar-refractivity contribution in [2.75, 3.05) is 6.54 Å². The monoisotopic (exact) mass is 279 g/mol. The van der Waals surface area contributed by atoms with Crippen LogP contribution in [0.3, 0.4) is 0 Å². The van der Waals surface area contributed by atoms with E-state index in [-0.39, 0.29) is 0 Å². The zero-order valence-electron chi connectivity index (χ0n) is 12.0. The Bertz CT molecular complexity index is 454. The summed E-state index contributed by atoms with van der Waals surface area (Å²) < 4.78 is 0. The van der Waals surface area contributed by atoms with Crippen LogP contribution in [0, 0.1) is 5.41 Å². The van der Waals surface area contributed by atoms with Crippen LogP contribution in [0.15, 0.2) is 24.5 Å². The van der Waals surface area contributed by atoms with Gasteiger partial charge in [0.25, 0.3) is 0 Å². The number of aromatic nitrogens is 1. The van der Waals surface area contributed by atoms with Crippen LogP contribution in [0.25, 0.3) is 0 Å². The summed E-state index contributed by atoms with van der Waals surface area (Å²) in [5.41, 5.74) is 0.463. The van der Waals surface area contributed by atoms with Gasteiger partial charge >= 0.3 is 12.0 Å². The van der Waals surface area contributed by atoms with Crippen LogP contribution in [-0.2, 0) is 11.2 Å². The van der Waals surface area contributed by atoms with Gasteiger partial charge in [-0.1, -0.05) is 26.8 Å². The van der Waals surface area contributed by atoms with Crippen molar-refractivity contribution in [2.24, 2.45) is 5.41 Å². The molecule has 0 spiro atoms. The van der Waals surface area contributed by atoms with Crippen LogP contribution in [-0.4, -0.2) is 34.7 Å². The summed E-state index contributed by atoms with van der Waals surface area (Å²) in [7, 11) is 0. The maximum Gasteiger partial charge on any atom is 0.326 e. The fourth-order valence-electron chi connectivity index (χ4n) is 1.70. The predicted octanol–water partition coefficient (Wildman–Crippen LogP) is 1.42. The standard InChI is InChI=1S/C14H21N3O3/c1-14(2,3)11(12(18)19)17-13(20)16-8-6-10-5-4-7-15-9-10/h4-5,7,9,11H,6,8H2,1-3H3,(H,18,19)(H2,16,17,20)/t11-/m0/s1. The van der Waals surface area contributed by atoms with Crippen molar-refractivity contribution in [3.05, 3.63) is 30.1 Å². The van der Waals surface area contributed by atoms with E-state index in [2.05, 4.69) is 15.6 Å². The Balaban J connectivity index is 2.41. The van der Waals surface area contributed by atoms with E-state index in [9.17, 15) is 9.59 Å². The number of carbonyl (C=O) groups excluding carboxylic acids is 1. The largest absolute Gasteiger partial charge is 0.480 e. The molecule has 3 N–H and O–H groups in total. The first-order valence-electron chi connectivity index (χ1n) is 6.47. The summed E-state index contributed by atoms with van der Waals surface area (Å²) in [6.07, 6.45) is 4.06. The molecule has 110 valence electrons. The van der Waals surface area contributed by atoms with Crippen LogP contribution in [0.1, 0.15) is 26.3 Å². The van der Waals surface area contributed by atoms with Crippen molar-refractivity contribution in [1.29, 1.82) is 0 Å². The lowest BCUT2D eigenvalue weighted by molar-refractivity contribution is -0.141. The highest BCUT2D eigenvalue weighted by molar-refractivity contribution is 5.83. The molecule has 0 aliphatic rings. The van der Waals surface area contributed by atoms with Crippen molar-refractivity contribution in [2.45, 2.75) is 33.2 Å². The second-order valence-corrected chi connectivity index (χ2v) is 5.65. The van der Waals surface area contributed by atoms with Gasteiger partial charge in [-0.2, -0.15) is 0 Å². The van der Waals surface area contributed by atoms with E-state index in [1.54, 1.807) is 33.2 Å². The number of pyridine rings is 1. The third-order valence-corrected chi connectivity index (χ3v) is 2.81. The molecule has 1 rings (SSSR count). The molecule has 0 aliphatic carbocycles. The number of amides is 2. The number of hydrogen-bond acceptors (Lipinski definition) is 3. The van der Waals surface area contributed by atoms with E-state index in [4.69, 9.17) is 5.11 Å². The van der Waals surface area contributed by atoms with Gasteiger partial charge in [0.2, 0.25) is 0 Å². The van der Waals surface area contributed by atoms with Crippen LogP contribution in [0.2, 0.25) is 0 Å². The van der Waals surface area contributed by atoms with Crippen LogP contribution in [0.5, 0.6) is 0 Å². The van der Waals surface area contributed by atoms with Gasteiger partial charge in [-0.15, -0.1) is 0 Å². The number of rotatable bonds is 5. The molecule has 0 saturated heterocycles. The second kappa shape index (κ2) is 6.88. The number of carboxylic acids is 1. The minimum Gasteiger partial charge on any atom is -0.480 e. The smallest absolute Gasteiger partial charge is 0.326 e. The molecule has 1 atom stereocenters. The molecule has 1 heterocycles. The molecule has 6 nitrogen and oxygen atoms in total. The Hall–Kier alpha value is -2.11. The number of carbonyl (C=O) groups is 2. The third kappa shape index (κ3) is 5.26. The van der Waals surface area contributed by atoms with E-state index in [0.717, 1.165) is 5.56 Å². The van der Waals surface area contributed by atoms with Crippen molar-refractivity contribution < 1.29 is 14.7 Å². The zero-order valence-corrected chi connectivity index (χ0v) is 12.0. The summed E-state index contributed by atoms with van der Waals surface area (Å²) in [6, 6.07) is 2.34. The summed E-state index contributed by atoms with van der Waals surface area (Å²) in [6.45, 7) is 5.72. The molecule has 0 saturated carbocycles. The molecule has 0 aliphatic heterocycles. The first-order chi connectivity index (χ1) is 9.30. The van der Waals surface area contributed by atoms with Crippen LogP contribution >= 0.6 is 0 Å². The van der Waals surface area contributed by atoms with Gasteiger partial charge in [-0.05, 0) is 23.5 Å². The highest BCUT2D eigenvalue weighted by Gasteiger charge is 2.32. The van der Waals surface area contributed by atoms with Gasteiger partial charge in [0.15, 0.2) is 0 Å². The fraction of sp³-hybridized carbons (Fsp3) is 0.500. The van der Waals surface area contributed by atoms with Crippen molar-refractivity contribution in [3.8, 4) is 0 Å². The number of nitrogens with zero attached hydrogens (tertiary/aromatic N) is 1. The Labute approximate surface area is 118 Å². The molecule has 6 heteroatoms. The summed E-state index contributed by atoms with van der Waals surface area (Å²) in [5, 5.41) is 14.2. The van der Waals surface area contributed by atoms with Gasteiger partial charge in [-0.3, -0.25) is 4.98 Å². The van der Waals surface area contributed by atoms with E-state index in [0.29, 0.717) is 13.0 Å². The second-order valence-electron chi connectivity index (χ2n) is 5.65. The van der Waals surface area contributed by atoms with Gasteiger partial charge < -0.3 is 15.7 Å². The first kappa shape index (κ1) is 15.9. The number of urea groups is 1. The first-order valence-corrected chi connectivity index (χ1v) is 6.47. The number of carboxylic acid groups (broad SMARTS) is 1. The van der Waals surface area contributed by atoms with E-state index < -0.39 is 23.5 Å². The maximum atomic E-state index is 11.7. The zero-order chi connectivity index (χ0) is 15.2. The topological polar surface area (TPSA) is 91.3 Å². The summed E-state index contributed by atoms with van der Waals surface area (Å²) in [4.78, 5) is 26.8. The lowest BCUT2D eigenvalue weighted by Crippen LogP contribution is -2.52. The van der Waals surface area contributed by atoms with E-state index in [1.165, 1.54) is 0 Å². The minimum absolute atomic E-state index is 0.425. The Kier molecular flexibility index (Phi) is 5.49. The van der Waals surface area contributed by atoms with Gasteiger partial charge in [0, 0.05) is 18.9 Å². The van der Waals surface area contributed by atoms with Crippen LogP contribution < -0.4 is 10.6 Å². The SMILES string of the molecule is CC(C)(C)[C@@H](NC(=O)NCCc1cccnc1)C(=O)O. The molecule has 0 fully saturated rings. The quantitative estimate of drug-likeness (QED) is 0.760. The van der Waals surface area contributed by atoms with E-state index >= 15 is 0 Å². The lowest BCUT2D eigenvalue weighted by atomic mass is 9.87. The molecule has 2 amide bonds. The third-order valence-electron chi connectivity index (χ3n) is 2.81. The Morgan fingerprint density at radius 1 is 1.40 bits per heavy atom. The molecule has 0 aromatic carbocycles. The molecular weight excluding hydrogens is 258 g/mol. The molecule has 0 unspecified atom stereocenters. The van der Waals surface area contributed by atoms with Crippen molar-refractivity contribution >= 4 is 12.0 Å². The molecule has 1 aromatic rings. The van der Waals surface area contributed by atoms with Crippen molar-refractivity contribution in [3.63, 3.8) is 0 Å². The maximum absolute atomic E-state index is 11.7. The normalized spacial score (nSPS) is 12.6. The Morgan fingerprint density at radius 3 is 2.60 bits per heavy atom.